The van der Waals surface area contributed by atoms with E-state index >= 15 is 0 Å². The smallest absolute Gasteiger partial charge is 0.261 e. The predicted octanol–water partition coefficient (Wildman–Crippen LogP) is 2.17. The van der Waals surface area contributed by atoms with Crippen LogP contribution in [-0.4, -0.2) is 37.3 Å². The van der Waals surface area contributed by atoms with Gasteiger partial charge in [-0.15, -0.1) is 0 Å². The highest BCUT2D eigenvalue weighted by Gasteiger charge is 2.36. The molecule has 1 N–H and O–H groups in total. The van der Waals surface area contributed by atoms with E-state index in [9.17, 15) is 9.90 Å². The molecule has 2 aromatic carbocycles. The van der Waals surface area contributed by atoms with Gasteiger partial charge < -0.3 is 14.7 Å². The summed E-state index contributed by atoms with van der Waals surface area (Å²) in [5.41, 5.74) is 2.98. The molecule has 2 aromatic rings. The number of benzene rings is 2. The fourth-order valence-corrected chi connectivity index (χ4v) is 3.22. The summed E-state index contributed by atoms with van der Waals surface area (Å²) in [6, 6.07) is 15.0. The molecule has 5 nitrogen and oxygen atoms in total. The number of carbonyl (C=O) groups excluding carboxylic acids is 1. The molecular weight excluding hydrogens is 292 g/mol. The zero-order chi connectivity index (χ0) is 15.8. The molecule has 1 unspecified atom stereocenters. The number of carbonyl (C=O) groups is 1. The van der Waals surface area contributed by atoms with E-state index in [4.69, 9.17) is 4.74 Å². The number of anilines is 2. The Morgan fingerprint density at radius 3 is 2.52 bits per heavy atom. The Balaban J connectivity index is 1.68. The normalized spacial score (nSPS) is 20.7. The summed E-state index contributed by atoms with van der Waals surface area (Å²) in [4.78, 5) is 16.3. The minimum atomic E-state index is -0.932. The first-order valence-electron chi connectivity index (χ1n) is 7.79. The van der Waals surface area contributed by atoms with Crippen molar-refractivity contribution in [1.29, 1.82) is 0 Å². The number of fused-ring (bicyclic) bond motifs is 1. The Morgan fingerprint density at radius 2 is 1.74 bits per heavy atom. The van der Waals surface area contributed by atoms with Crippen molar-refractivity contribution in [2.24, 2.45) is 0 Å². The third kappa shape index (κ3) is 2.38. The molecule has 0 bridgehead atoms. The molecule has 23 heavy (non-hydrogen) atoms. The summed E-state index contributed by atoms with van der Waals surface area (Å²) in [6.45, 7) is 3.09. The highest BCUT2D eigenvalue weighted by atomic mass is 16.5. The first-order valence-corrected chi connectivity index (χ1v) is 7.79. The monoisotopic (exact) mass is 310 g/mol. The molecule has 5 heteroatoms. The summed E-state index contributed by atoms with van der Waals surface area (Å²) in [7, 11) is 0. The lowest BCUT2D eigenvalue weighted by Crippen LogP contribution is -2.36. The van der Waals surface area contributed by atoms with Crippen LogP contribution in [0.3, 0.4) is 0 Å². The molecule has 1 amide bonds. The van der Waals surface area contributed by atoms with Crippen LogP contribution in [-0.2, 0) is 4.74 Å². The Hall–Kier alpha value is -2.37. The van der Waals surface area contributed by atoms with Gasteiger partial charge in [-0.05, 0) is 24.3 Å². The van der Waals surface area contributed by atoms with Crippen LogP contribution in [0.1, 0.15) is 22.1 Å². The second-order valence-corrected chi connectivity index (χ2v) is 5.76. The first-order chi connectivity index (χ1) is 11.3. The second-order valence-electron chi connectivity index (χ2n) is 5.76. The van der Waals surface area contributed by atoms with Gasteiger partial charge in [0.25, 0.3) is 5.91 Å². The zero-order valence-corrected chi connectivity index (χ0v) is 12.7. The maximum absolute atomic E-state index is 12.6. The van der Waals surface area contributed by atoms with Crippen LogP contribution in [0.5, 0.6) is 0 Å². The van der Waals surface area contributed by atoms with Crippen LogP contribution in [0.25, 0.3) is 0 Å². The fourth-order valence-electron chi connectivity index (χ4n) is 3.22. The number of hydrogen-bond acceptors (Lipinski definition) is 4. The molecular formula is C18H18N2O3. The third-order valence-electron chi connectivity index (χ3n) is 4.42. The lowest BCUT2D eigenvalue weighted by molar-refractivity contribution is 0.0935. The average Bonchev–Trinajstić information content (AvgIpc) is 2.87. The van der Waals surface area contributed by atoms with E-state index in [1.54, 1.807) is 12.1 Å². The van der Waals surface area contributed by atoms with Crippen LogP contribution in [0.15, 0.2) is 48.5 Å². The van der Waals surface area contributed by atoms with Crippen molar-refractivity contribution >= 4 is 17.3 Å². The Bertz CT molecular complexity index is 741. The van der Waals surface area contributed by atoms with E-state index in [-0.39, 0.29) is 5.91 Å². The van der Waals surface area contributed by atoms with E-state index in [2.05, 4.69) is 4.90 Å². The summed E-state index contributed by atoms with van der Waals surface area (Å²) in [6.07, 6.45) is -0.932. The van der Waals surface area contributed by atoms with Gasteiger partial charge in [0.2, 0.25) is 0 Å². The number of aliphatic hydroxyl groups excluding tert-OH is 1. The third-order valence-corrected chi connectivity index (χ3v) is 4.42. The highest BCUT2D eigenvalue weighted by molar-refractivity contribution is 6.10. The van der Waals surface area contributed by atoms with Gasteiger partial charge in [-0.2, -0.15) is 0 Å². The van der Waals surface area contributed by atoms with Gasteiger partial charge in [0.15, 0.2) is 6.23 Å². The van der Waals surface area contributed by atoms with Gasteiger partial charge in [-0.1, -0.05) is 24.3 Å². The van der Waals surface area contributed by atoms with Gasteiger partial charge in [-0.3, -0.25) is 9.69 Å². The first kappa shape index (κ1) is 14.2. The molecule has 2 aliphatic heterocycles. The molecule has 0 saturated carbocycles. The molecule has 2 heterocycles. The van der Waals surface area contributed by atoms with Crippen LogP contribution in [0, 0.1) is 0 Å². The van der Waals surface area contributed by atoms with E-state index in [0.29, 0.717) is 30.0 Å². The molecule has 1 fully saturated rings. The number of aliphatic hydroxyl groups is 1. The quantitative estimate of drug-likeness (QED) is 0.924. The molecule has 4 rings (SSSR count). The standard InChI is InChI=1S/C18H18N2O3/c21-17-15-6-1-2-7-16(15)18(22)20(17)14-5-3-4-13(12-14)19-8-10-23-11-9-19/h1-7,12,17,21H,8-11H2. The van der Waals surface area contributed by atoms with E-state index in [0.717, 1.165) is 18.8 Å². The molecule has 118 valence electrons. The van der Waals surface area contributed by atoms with Crippen molar-refractivity contribution in [3.05, 3.63) is 59.7 Å². The van der Waals surface area contributed by atoms with Gasteiger partial charge in [-0.25, -0.2) is 0 Å². The molecule has 1 atom stereocenters. The van der Waals surface area contributed by atoms with Crippen LogP contribution in [0.4, 0.5) is 11.4 Å². The number of hydrogen-bond donors (Lipinski definition) is 1. The van der Waals surface area contributed by atoms with Crippen LogP contribution in [0.2, 0.25) is 0 Å². The van der Waals surface area contributed by atoms with Crippen LogP contribution < -0.4 is 9.80 Å². The predicted molar refractivity (Wildman–Crippen MR) is 87.7 cm³/mol. The highest BCUT2D eigenvalue weighted by Crippen LogP contribution is 2.36. The Labute approximate surface area is 134 Å². The maximum atomic E-state index is 12.6. The van der Waals surface area contributed by atoms with Gasteiger partial charge in [0.1, 0.15) is 0 Å². The number of amides is 1. The lowest BCUT2D eigenvalue weighted by atomic mass is 10.1. The molecule has 0 aliphatic carbocycles. The minimum absolute atomic E-state index is 0.160. The summed E-state index contributed by atoms with van der Waals surface area (Å²) >= 11 is 0. The molecule has 0 spiro atoms. The van der Waals surface area contributed by atoms with E-state index < -0.39 is 6.23 Å². The van der Waals surface area contributed by atoms with Crippen molar-refractivity contribution < 1.29 is 14.6 Å². The summed E-state index contributed by atoms with van der Waals surface area (Å²) in [5.74, 6) is -0.160. The fraction of sp³-hybridized carbons (Fsp3) is 0.278. The maximum Gasteiger partial charge on any atom is 0.261 e. The van der Waals surface area contributed by atoms with Crippen molar-refractivity contribution in [3.8, 4) is 0 Å². The average molecular weight is 310 g/mol. The van der Waals surface area contributed by atoms with Crippen molar-refractivity contribution in [3.63, 3.8) is 0 Å². The lowest BCUT2D eigenvalue weighted by Gasteiger charge is -2.30. The van der Waals surface area contributed by atoms with Crippen LogP contribution >= 0.6 is 0 Å². The number of ether oxygens (including phenoxy) is 1. The SMILES string of the molecule is O=C1c2ccccc2C(O)N1c1cccc(N2CCOCC2)c1. The number of morpholine rings is 1. The largest absolute Gasteiger partial charge is 0.378 e. The minimum Gasteiger partial charge on any atom is -0.378 e. The Kier molecular flexibility index (Phi) is 3.52. The number of rotatable bonds is 2. The van der Waals surface area contributed by atoms with Gasteiger partial charge in [0.05, 0.1) is 13.2 Å². The van der Waals surface area contributed by atoms with Crippen molar-refractivity contribution in [2.75, 3.05) is 36.1 Å². The Morgan fingerprint density at radius 1 is 1.00 bits per heavy atom. The molecule has 1 saturated heterocycles. The zero-order valence-electron chi connectivity index (χ0n) is 12.7. The summed E-state index contributed by atoms with van der Waals surface area (Å²) in [5, 5.41) is 10.5. The van der Waals surface area contributed by atoms with E-state index in [1.165, 1.54) is 4.90 Å². The molecule has 0 radical (unpaired) electrons. The van der Waals surface area contributed by atoms with Crippen molar-refractivity contribution in [2.45, 2.75) is 6.23 Å². The summed E-state index contributed by atoms with van der Waals surface area (Å²) < 4.78 is 5.38. The topological polar surface area (TPSA) is 53.0 Å². The second kappa shape index (κ2) is 5.68. The number of nitrogens with zero attached hydrogens (tertiary/aromatic N) is 2. The molecule has 2 aliphatic rings. The van der Waals surface area contributed by atoms with Gasteiger partial charge >= 0.3 is 0 Å². The van der Waals surface area contributed by atoms with Gasteiger partial charge in [0, 0.05) is 35.6 Å². The van der Waals surface area contributed by atoms with E-state index in [1.807, 2.05) is 36.4 Å². The molecule has 0 aromatic heterocycles. The van der Waals surface area contributed by atoms with Crippen molar-refractivity contribution in [1.82, 2.24) is 0 Å².